The Labute approximate surface area is 123 Å². The molecule has 10 nitrogen and oxygen atoms in total. The SMILES string of the molecule is Cc1nc(C2CC(O[N+](=O)[O-])CN2)sc1CCO[N+](=O)[O-]. The van der Waals surface area contributed by atoms with Crippen molar-refractivity contribution < 1.29 is 19.8 Å². The Hall–Kier alpha value is -2.01. The van der Waals surface area contributed by atoms with Crippen LogP contribution in [0.25, 0.3) is 0 Å². The van der Waals surface area contributed by atoms with E-state index in [9.17, 15) is 20.2 Å². The summed E-state index contributed by atoms with van der Waals surface area (Å²) in [5, 5.41) is 22.7. The molecule has 1 N–H and O–H groups in total. The Morgan fingerprint density at radius 3 is 2.86 bits per heavy atom. The van der Waals surface area contributed by atoms with Crippen LogP contribution in [-0.4, -0.2) is 34.4 Å². The molecule has 21 heavy (non-hydrogen) atoms. The molecule has 1 aromatic heterocycles. The van der Waals surface area contributed by atoms with Gasteiger partial charge in [0.2, 0.25) is 0 Å². The lowest BCUT2D eigenvalue weighted by atomic mass is 10.2. The maximum atomic E-state index is 10.3. The van der Waals surface area contributed by atoms with Crippen molar-refractivity contribution in [3.05, 3.63) is 35.8 Å². The highest BCUT2D eigenvalue weighted by atomic mass is 32.1. The van der Waals surface area contributed by atoms with Gasteiger partial charge in [-0.25, -0.2) is 4.98 Å². The van der Waals surface area contributed by atoms with E-state index in [1.54, 1.807) is 0 Å². The summed E-state index contributed by atoms with van der Waals surface area (Å²) in [6, 6.07) is -0.0937. The summed E-state index contributed by atoms with van der Waals surface area (Å²) in [5.41, 5.74) is 0.794. The first kappa shape index (κ1) is 15.4. The fourth-order valence-corrected chi connectivity index (χ4v) is 3.27. The maximum Gasteiger partial charge on any atom is 0.294 e. The normalized spacial score (nSPS) is 21.2. The molecule has 0 spiro atoms. The Kier molecular flexibility index (Phi) is 4.85. The average Bonchev–Trinajstić information content (AvgIpc) is 2.96. The van der Waals surface area contributed by atoms with Crippen LogP contribution in [0.5, 0.6) is 0 Å². The minimum absolute atomic E-state index is 0.0133. The van der Waals surface area contributed by atoms with Crippen LogP contribution in [0.1, 0.15) is 28.0 Å². The van der Waals surface area contributed by atoms with E-state index in [1.807, 2.05) is 6.92 Å². The number of aromatic nitrogens is 1. The van der Waals surface area contributed by atoms with E-state index in [-0.39, 0.29) is 12.6 Å². The lowest BCUT2D eigenvalue weighted by Gasteiger charge is -2.06. The quantitative estimate of drug-likeness (QED) is 0.577. The van der Waals surface area contributed by atoms with E-state index in [4.69, 9.17) is 0 Å². The highest BCUT2D eigenvalue weighted by molar-refractivity contribution is 7.11. The van der Waals surface area contributed by atoms with Crippen molar-refractivity contribution in [3.8, 4) is 0 Å². The van der Waals surface area contributed by atoms with Crippen molar-refractivity contribution in [1.29, 1.82) is 0 Å². The number of hydrogen-bond acceptors (Lipinski definition) is 9. The third-order valence-electron chi connectivity index (χ3n) is 3.06. The molecule has 2 heterocycles. The van der Waals surface area contributed by atoms with E-state index in [0.29, 0.717) is 19.4 Å². The number of hydrogen-bond donors (Lipinski definition) is 1. The van der Waals surface area contributed by atoms with Gasteiger partial charge in [0.15, 0.2) is 0 Å². The molecule has 0 aromatic carbocycles. The third kappa shape index (κ3) is 4.23. The molecular formula is C10H14N4O6S. The molecule has 1 aliphatic rings. The summed E-state index contributed by atoms with van der Waals surface area (Å²) in [6.45, 7) is 2.20. The molecule has 1 fully saturated rings. The Morgan fingerprint density at radius 1 is 1.43 bits per heavy atom. The Morgan fingerprint density at radius 2 is 2.19 bits per heavy atom. The lowest BCUT2D eigenvalue weighted by molar-refractivity contribution is -0.767. The van der Waals surface area contributed by atoms with Gasteiger partial charge in [0.05, 0.1) is 11.7 Å². The minimum atomic E-state index is -0.824. The molecule has 116 valence electrons. The van der Waals surface area contributed by atoms with Gasteiger partial charge in [-0.05, 0) is 13.3 Å². The monoisotopic (exact) mass is 318 g/mol. The fourth-order valence-electron chi connectivity index (χ4n) is 2.14. The van der Waals surface area contributed by atoms with Gasteiger partial charge >= 0.3 is 0 Å². The van der Waals surface area contributed by atoms with Crippen molar-refractivity contribution in [2.75, 3.05) is 13.2 Å². The van der Waals surface area contributed by atoms with Gasteiger partial charge in [-0.1, -0.05) is 0 Å². The highest BCUT2D eigenvalue weighted by Gasteiger charge is 2.30. The van der Waals surface area contributed by atoms with Crippen LogP contribution >= 0.6 is 11.3 Å². The largest absolute Gasteiger partial charge is 0.314 e. The van der Waals surface area contributed by atoms with Crippen LogP contribution < -0.4 is 5.32 Å². The second kappa shape index (κ2) is 6.63. The van der Waals surface area contributed by atoms with Gasteiger partial charge in [-0.15, -0.1) is 31.6 Å². The molecule has 0 amide bonds. The summed E-state index contributed by atoms with van der Waals surface area (Å²) in [4.78, 5) is 34.5. The third-order valence-corrected chi connectivity index (χ3v) is 4.39. The molecule has 0 radical (unpaired) electrons. The van der Waals surface area contributed by atoms with Gasteiger partial charge in [0.1, 0.15) is 17.7 Å². The summed E-state index contributed by atoms with van der Waals surface area (Å²) in [5.74, 6) is 0. The first-order valence-corrected chi connectivity index (χ1v) is 7.05. The zero-order valence-electron chi connectivity index (χ0n) is 11.2. The van der Waals surface area contributed by atoms with Crippen LogP contribution in [0.2, 0.25) is 0 Å². The van der Waals surface area contributed by atoms with Crippen LogP contribution in [0.3, 0.4) is 0 Å². The standard InChI is InChI=1S/C10H14N4O6S/c1-6-9(2-3-19-13(15)16)21-10(12-6)8-4-7(5-11-8)20-14(17)18/h7-8,11H,2-5H2,1H3. The molecule has 0 saturated carbocycles. The van der Waals surface area contributed by atoms with Gasteiger partial charge in [-0.2, -0.15) is 0 Å². The molecule has 1 saturated heterocycles. The summed E-state index contributed by atoms with van der Waals surface area (Å²) < 4.78 is 0. The fraction of sp³-hybridized carbons (Fsp3) is 0.700. The zero-order chi connectivity index (χ0) is 15.4. The topological polar surface area (TPSA) is 130 Å². The molecule has 0 bridgehead atoms. The molecule has 0 aliphatic carbocycles. The van der Waals surface area contributed by atoms with Gasteiger partial charge in [-0.3, -0.25) is 0 Å². The number of rotatable bonds is 7. The predicted molar refractivity (Wildman–Crippen MR) is 70.7 cm³/mol. The number of aryl methyl sites for hydroxylation is 1. The molecule has 2 unspecified atom stereocenters. The first-order valence-electron chi connectivity index (χ1n) is 6.23. The summed E-state index contributed by atoms with van der Waals surface area (Å²) in [7, 11) is 0. The van der Waals surface area contributed by atoms with E-state index in [2.05, 4.69) is 20.0 Å². The smallest absolute Gasteiger partial charge is 0.294 e. The molecule has 11 heteroatoms. The molecule has 1 aromatic rings. The maximum absolute atomic E-state index is 10.3. The summed E-state index contributed by atoms with van der Waals surface area (Å²) >= 11 is 1.43. The van der Waals surface area contributed by atoms with Crippen LogP contribution in [0.15, 0.2) is 0 Å². The lowest BCUT2D eigenvalue weighted by Crippen LogP contribution is -2.19. The number of thiazole rings is 1. The first-order chi connectivity index (χ1) is 9.95. The molecule has 1 aliphatic heterocycles. The van der Waals surface area contributed by atoms with Crippen molar-refractivity contribution >= 4 is 11.3 Å². The van der Waals surface area contributed by atoms with Gasteiger partial charge < -0.3 is 15.0 Å². The second-order valence-electron chi connectivity index (χ2n) is 4.52. The average molecular weight is 318 g/mol. The van der Waals surface area contributed by atoms with Crippen molar-refractivity contribution in [2.24, 2.45) is 0 Å². The summed E-state index contributed by atoms with van der Waals surface area (Å²) in [6.07, 6.45) is 0.403. The van der Waals surface area contributed by atoms with E-state index in [0.717, 1.165) is 15.6 Å². The van der Waals surface area contributed by atoms with Crippen LogP contribution in [0.4, 0.5) is 0 Å². The highest BCUT2D eigenvalue weighted by Crippen LogP contribution is 2.30. The second-order valence-corrected chi connectivity index (χ2v) is 5.63. The molecule has 2 rings (SSSR count). The van der Waals surface area contributed by atoms with Crippen molar-refractivity contribution in [2.45, 2.75) is 31.9 Å². The van der Waals surface area contributed by atoms with E-state index >= 15 is 0 Å². The van der Waals surface area contributed by atoms with Crippen LogP contribution in [0, 0.1) is 27.2 Å². The van der Waals surface area contributed by atoms with Crippen molar-refractivity contribution in [3.63, 3.8) is 0 Å². The van der Waals surface area contributed by atoms with Gasteiger partial charge in [0, 0.05) is 17.8 Å². The van der Waals surface area contributed by atoms with E-state index < -0.39 is 16.3 Å². The Bertz CT molecular complexity index is 536. The van der Waals surface area contributed by atoms with Crippen molar-refractivity contribution in [1.82, 2.24) is 10.3 Å². The number of nitrogens with zero attached hydrogens (tertiary/aromatic N) is 3. The number of nitrogens with one attached hydrogen (secondary N) is 1. The molecule has 2 atom stereocenters. The van der Waals surface area contributed by atoms with E-state index in [1.165, 1.54) is 11.3 Å². The van der Waals surface area contributed by atoms with Crippen LogP contribution in [-0.2, 0) is 16.1 Å². The minimum Gasteiger partial charge on any atom is -0.314 e. The Balaban J connectivity index is 1.92. The van der Waals surface area contributed by atoms with Gasteiger partial charge in [0.25, 0.3) is 10.2 Å². The molecular weight excluding hydrogens is 304 g/mol. The zero-order valence-corrected chi connectivity index (χ0v) is 12.0. The predicted octanol–water partition coefficient (Wildman–Crippen LogP) is 0.814.